The van der Waals surface area contributed by atoms with Crippen LogP contribution in [0.1, 0.15) is 38.3 Å². The van der Waals surface area contributed by atoms with Gasteiger partial charge in [0.1, 0.15) is 5.75 Å². The number of rotatable bonds is 7. The van der Waals surface area contributed by atoms with Crippen LogP contribution >= 0.6 is 0 Å². The van der Waals surface area contributed by atoms with Crippen molar-refractivity contribution in [1.82, 2.24) is 10.2 Å². The van der Waals surface area contributed by atoms with Crippen LogP contribution in [0.4, 0.5) is 5.69 Å². The molecule has 1 heterocycles. The molecule has 1 unspecified atom stereocenters. The van der Waals surface area contributed by atoms with Crippen LogP contribution in [0.3, 0.4) is 0 Å². The molecule has 1 aromatic carbocycles. The summed E-state index contributed by atoms with van der Waals surface area (Å²) in [6, 6.07) is 6.63. The summed E-state index contributed by atoms with van der Waals surface area (Å²) in [5.74, 6) is -1.42. The zero-order valence-electron chi connectivity index (χ0n) is 14.4. The first-order chi connectivity index (χ1) is 11.7. The van der Waals surface area contributed by atoms with Gasteiger partial charge in [-0.3, -0.25) is 4.79 Å². The van der Waals surface area contributed by atoms with Crippen LogP contribution in [0.25, 0.3) is 0 Å². The predicted octanol–water partition coefficient (Wildman–Crippen LogP) is 1.70. The van der Waals surface area contributed by atoms with Crippen molar-refractivity contribution < 1.29 is 17.6 Å². The molecule has 0 spiro atoms. The second-order valence-electron chi connectivity index (χ2n) is 5.99. The van der Waals surface area contributed by atoms with Gasteiger partial charge in [0.25, 0.3) is 0 Å². The van der Waals surface area contributed by atoms with Crippen molar-refractivity contribution in [3.63, 3.8) is 0 Å². The number of amides is 1. The molecule has 1 atom stereocenters. The molecule has 8 nitrogen and oxygen atoms in total. The molecule has 25 heavy (non-hydrogen) atoms. The summed E-state index contributed by atoms with van der Waals surface area (Å²) < 4.78 is 29.7. The Balaban J connectivity index is 2.12. The Morgan fingerprint density at radius 3 is 2.60 bits per heavy atom. The van der Waals surface area contributed by atoms with E-state index in [-0.39, 0.29) is 11.8 Å². The maximum atomic E-state index is 12.3. The third-order valence-corrected chi connectivity index (χ3v) is 5.02. The van der Waals surface area contributed by atoms with Crippen LogP contribution in [-0.4, -0.2) is 30.3 Å². The lowest BCUT2D eigenvalue weighted by molar-refractivity contribution is -0.113. The van der Waals surface area contributed by atoms with E-state index in [0.717, 1.165) is 5.56 Å². The fourth-order valence-corrected chi connectivity index (χ4v) is 3.06. The number of hydrogen-bond donors (Lipinski definition) is 2. The Hall–Kier alpha value is -2.26. The normalized spacial score (nSPS) is 13.0. The summed E-state index contributed by atoms with van der Waals surface area (Å²) >= 11 is 0. The fourth-order valence-electron chi connectivity index (χ4n) is 2.14. The number of carbonyl (C=O) groups is 1. The number of nitrogens with zero attached hydrogens (tertiary/aromatic N) is 2. The Labute approximate surface area is 146 Å². The highest BCUT2D eigenvalue weighted by Gasteiger charge is 2.28. The molecule has 0 bridgehead atoms. The van der Waals surface area contributed by atoms with E-state index in [2.05, 4.69) is 15.5 Å². The maximum absolute atomic E-state index is 12.3. The standard InChI is InChI=1S/C16H22N4O4S/c1-4-11-7-5-6-8-12(11)18-13(21)9-25(22,23)16-20-19-15(24-16)14(17)10(2)3/h5-8,10,14H,4,9,17H2,1-3H3,(H,18,21). The van der Waals surface area contributed by atoms with Gasteiger partial charge in [-0.05, 0) is 24.0 Å². The second-order valence-corrected chi connectivity index (χ2v) is 7.86. The van der Waals surface area contributed by atoms with Gasteiger partial charge in [-0.2, -0.15) is 0 Å². The van der Waals surface area contributed by atoms with Gasteiger partial charge in [0.2, 0.25) is 21.6 Å². The van der Waals surface area contributed by atoms with Gasteiger partial charge in [0, 0.05) is 5.69 Å². The van der Waals surface area contributed by atoms with E-state index in [4.69, 9.17) is 10.2 Å². The summed E-state index contributed by atoms with van der Waals surface area (Å²) in [6.07, 6.45) is 0.712. The third-order valence-electron chi connectivity index (χ3n) is 3.68. The van der Waals surface area contributed by atoms with E-state index >= 15 is 0 Å². The number of sulfone groups is 1. The SMILES string of the molecule is CCc1ccccc1NC(=O)CS(=O)(=O)c1nnc(C(N)C(C)C)o1. The zero-order chi connectivity index (χ0) is 18.6. The van der Waals surface area contributed by atoms with Crippen molar-refractivity contribution in [3.05, 3.63) is 35.7 Å². The largest absolute Gasteiger partial charge is 0.411 e. The lowest BCUT2D eigenvalue weighted by Crippen LogP contribution is -2.23. The van der Waals surface area contributed by atoms with Gasteiger partial charge >= 0.3 is 5.22 Å². The monoisotopic (exact) mass is 366 g/mol. The Morgan fingerprint density at radius 2 is 1.96 bits per heavy atom. The van der Waals surface area contributed by atoms with Crippen LogP contribution in [0, 0.1) is 5.92 Å². The van der Waals surface area contributed by atoms with E-state index in [1.54, 1.807) is 12.1 Å². The maximum Gasteiger partial charge on any atom is 0.336 e. The molecular formula is C16H22N4O4S. The number of anilines is 1. The number of nitrogens with one attached hydrogen (secondary N) is 1. The molecule has 0 aliphatic heterocycles. The highest BCUT2D eigenvalue weighted by Crippen LogP contribution is 2.20. The van der Waals surface area contributed by atoms with Gasteiger partial charge in [-0.15, -0.1) is 5.10 Å². The third kappa shape index (κ3) is 4.64. The van der Waals surface area contributed by atoms with Crippen LogP contribution in [0.2, 0.25) is 0 Å². The molecule has 0 aliphatic rings. The van der Waals surface area contributed by atoms with E-state index in [0.29, 0.717) is 12.1 Å². The van der Waals surface area contributed by atoms with Gasteiger partial charge < -0.3 is 15.5 Å². The Morgan fingerprint density at radius 1 is 1.28 bits per heavy atom. The van der Waals surface area contributed by atoms with E-state index in [9.17, 15) is 13.2 Å². The highest BCUT2D eigenvalue weighted by atomic mass is 32.2. The minimum Gasteiger partial charge on any atom is -0.411 e. The van der Waals surface area contributed by atoms with Gasteiger partial charge in [0.05, 0.1) is 6.04 Å². The number of nitrogens with two attached hydrogens (primary N) is 1. The number of hydrogen-bond acceptors (Lipinski definition) is 7. The molecular weight excluding hydrogens is 344 g/mol. The molecule has 2 rings (SSSR count). The molecule has 0 saturated carbocycles. The van der Waals surface area contributed by atoms with E-state index in [1.807, 2.05) is 32.9 Å². The molecule has 0 saturated heterocycles. The summed E-state index contributed by atoms with van der Waals surface area (Å²) in [5.41, 5.74) is 7.35. The molecule has 2 aromatic rings. The van der Waals surface area contributed by atoms with Crippen LogP contribution < -0.4 is 11.1 Å². The van der Waals surface area contributed by atoms with Gasteiger partial charge in [-0.1, -0.05) is 44.1 Å². The lowest BCUT2D eigenvalue weighted by Gasteiger charge is -2.10. The fraction of sp³-hybridized carbons (Fsp3) is 0.438. The number of aryl methyl sites for hydroxylation is 1. The van der Waals surface area contributed by atoms with E-state index < -0.39 is 32.8 Å². The number of aromatic nitrogens is 2. The van der Waals surface area contributed by atoms with Crippen molar-refractivity contribution in [2.75, 3.05) is 11.1 Å². The summed E-state index contributed by atoms with van der Waals surface area (Å²) in [5, 5.41) is 9.19. The summed E-state index contributed by atoms with van der Waals surface area (Å²) in [4.78, 5) is 12.1. The summed E-state index contributed by atoms with van der Waals surface area (Å²) in [7, 11) is -4.05. The van der Waals surface area contributed by atoms with E-state index in [1.165, 1.54) is 0 Å². The van der Waals surface area contributed by atoms with Crippen LogP contribution in [0.15, 0.2) is 33.9 Å². The molecule has 0 aliphatic carbocycles. The zero-order valence-corrected chi connectivity index (χ0v) is 15.2. The molecule has 9 heteroatoms. The summed E-state index contributed by atoms with van der Waals surface area (Å²) in [6.45, 7) is 5.64. The van der Waals surface area contributed by atoms with Crippen molar-refractivity contribution in [1.29, 1.82) is 0 Å². The highest BCUT2D eigenvalue weighted by molar-refractivity contribution is 7.91. The average molecular weight is 366 g/mol. The molecule has 1 amide bonds. The molecule has 3 N–H and O–H groups in total. The topological polar surface area (TPSA) is 128 Å². The molecule has 1 aromatic heterocycles. The quantitative estimate of drug-likeness (QED) is 0.763. The lowest BCUT2D eigenvalue weighted by atomic mass is 10.1. The van der Waals surface area contributed by atoms with Gasteiger partial charge in [0.15, 0.2) is 0 Å². The smallest absolute Gasteiger partial charge is 0.336 e. The van der Waals surface area contributed by atoms with Crippen molar-refractivity contribution in [2.24, 2.45) is 11.7 Å². The first-order valence-electron chi connectivity index (χ1n) is 7.94. The molecule has 0 radical (unpaired) electrons. The predicted molar refractivity (Wildman–Crippen MR) is 92.6 cm³/mol. The minimum atomic E-state index is -4.05. The van der Waals surface area contributed by atoms with Crippen molar-refractivity contribution in [3.8, 4) is 0 Å². The van der Waals surface area contributed by atoms with Crippen LogP contribution in [-0.2, 0) is 21.1 Å². The first kappa shape index (κ1) is 19.1. The van der Waals surface area contributed by atoms with Gasteiger partial charge in [-0.25, -0.2) is 8.42 Å². The average Bonchev–Trinajstić information content (AvgIpc) is 3.04. The van der Waals surface area contributed by atoms with Crippen molar-refractivity contribution >= 4 is 21.4 Å². The van der Waals surface area contributed by atoms with Crippen LogP contribution in [0.5, 0.6) is 0 Å². The molecule has 136 valence electrons. The molecule has 0 fully saturated rings. The first-order valence-corrected chi connectivity index (χ1v) is 9.59. The minimum absolute atomic E-state index is 0.00449. The number of carbonyl (C=O) groups excluding carboxylic acids is 1. The number of para-hydroxylation sites is 1. The Kier molecular flexibility index (Phi) is 5.91. The Bertz CT molecular complexity index is 845. The van der Waals surface area contributed by atoms with Crippen molar-refractivity contribution in [2.45, 2.75) is 38.5 Å². The number of benzene rings is 1. The second kappa shape index (κ2) is 7.75.